The molecule has 0 spiro atoms. The Morgan fingerprint density at radius 2 is 1.07 bits per heavy atom. The summed E-state index contributed by atoms with van der Waals surface area (Å²) in [5.41, 5.74) is 20.6. The summed E-state index contributed by atoms with van der Waals surface area (Å²) in [6, 6.07) is 28.7. The average Bonchev–Trinajstić information content (AvgIpc) is 3.36. The molecule has 6 aliphatic rings. The number of ether oxygens (including phenoxy) is 3. The van der Waals surface area contributed by atoms with Crippen LogP contribution in [0.5, 0.6) is 17.2 Å². The number of benzene rings is 5. The molecule has 0 N–H and O–H groups in total. The zero-order chi connectivity index (χ0) is 36.5. The Bertz CT molecular complexity index is 2410. The molecule has 0 aromatic heterocycles. The standard InChI is InChI=1S/C48H49BN2O3/c1-29-17-41-46-42(18-29)51(36-12-13-43-45(23-36)54-16-8-15-52-43)39-21-30-9-6-7-14-53-44(30)24-38(39)49(46)37-20-33-27-48(4,5)28-34(33)22-40(37)50(41)35-11-10-31-25-47(2,3)26-32(31)19-35/h10-13,17-24H,6-9,14-16,25-28H2,1-5H3. The third-order valence-corrected chi connectivity index (χ3v) is 12.9. The van der Waals surface area contributed by atoms with E-state index in [9.17, 15) is 0 Å². The van der Waals surface area contributed by atoms with E-state index >= 15 is 0 Å². The van der Waals surface area contributed by atoms with Crippen molar-refractivity contribution in [2.45, 2.75) is 86.0 Å². The molecule has 0 atom stereocenters. The van der Waals surface area contributed by atoms with E-state index in [0.29, 0.717) is 13.2 Å². The van der Waals surface area contributed by atoms with E-state index < -0.39 is 0 Å². The molecule has 0 fully saturated rings. The molecule has 6 heteroatoms. The number of rotatable bonds is 2. The van der Waals surface area contributed by atoms with Crippen molar-refractivity contribution in [3.63, 3.8) is 0 Å². The first-order valence-corrected chi connectivity index (χ1v) is 20.3. The minimum atomic E-state index is 0.0630. The highest BCUT2D eigenvalue weighted by Crippen LogP contribution is 2.49. The summed E-state index contributed by atoms with van der Waals surface area (Å²) in [5.74, 6) is 2.69. The Labute approximate surface area is 320 Å². The second-order valence-electron chi connectivity index (χ2n) is 18.5. The number of hydrogen-bond acceptors (Lipinski definition) is 5. The van der Waals surface area contributed by atoms with Crippen molar-refractivity contribution in [3.05, 3.63) is 106 Å². The predicted octanol–water partition coefficient (Wildman–Crippen LogP) is 9.20. The molecule has 0 saturated carbocycles. The van der Waals surface area contributed by atoms with Gasteiger partial charge < -0.3 is 24.0 Å². The van der Waals surface area contributed by atoms with Gasteiger partial charge in [0.15, 0.2) is 11.5 Å². The van der Waals surface area contributed by atoms with Gasteiger partial charge in [-0.15, -0.1) is 0 Å². The van der Waals surface area contributed by atoms with Crippen molar-refractivity contribution in [3.8, 4) is 17.2 Å². The second kappa shape index (κ2) is 11.6. The SMILES string of the molecule is Cc1cc2c3c(c1)N(c1ccc4c(c1)OCCCO4)c1cc4c(cc1B3c1cc3c(cc1N2c1ccc2c(c1)CC(C)(C)C2)CC(C)(C)C3)OCCCC4. The van der Waals surface area contributed by atoms with Crippen molar-refractivity contribution in [1.82, 2.24) is 0 Å². The van der Waals surface area contributed by atoms with Crippen LogP contribution in [0.2, 0.25) is 0 Å². The number of fused-ring (bicyclic) bond motifs is 8. The van der Waals surface area contributed by atoms with Crippen LogP contribution in [0.1, 0.15) is 80.3 Å². The largest absolute Gasteiger partial charge is 0.493 e. The molecule has 5 nitrogen and oxygen atoms in total. The lowest BCUT2D eigenvalue weighted by molar-refractivity contribution is 0.297. The van der Waals surface area contributed by atoms with Gasteiger partial charge in [-0.2, -0.15) is 0 Å². The van der Waals surface area contributed by atoms with Crippen LogP contribution in [0.4, 0.5) is 34.1 Å². The Morgan fingerprint density at radius 1 is 0.500 bits per heavy atom. The third kappa shape index (κ3) is 5.04. The maximum Gasteiger partial charge on any atom is 0.252 e. The molecule has 4 heterocycles. The number of hydrogen-bond donors (Lipinski definition) is 0. The highest BCUT2D eigenvalue weighted by molar-refractivity contribution is 7.00. The van der Waals surface area contributed by atoms with Gasteiger partial charge in [-0.25, -0.2) is 0 Å². The summed E-state index contributed by atoms with van der Waals surface area (Å²) in [6.45, 7) is 14.1. The summed E-state index contributed by atoms with van der Waals surface area (Å²) in [7, 11) is 0. The molecule has 0 bridgehead atoms. The maximum absolute atomic E-state index is 6.57. The first kappa shape index (κ1) is 32.6. The van der Waals surface area contributed by atoms with Crippen LogP contribution in [-0.2, 0) is 32.1 Å². The van der Waals surface area contributed by atoms with Gasteiger partial charge in [0.05, 0.1) is 25.5 Å². The summed E-state index contributed by atoms with van der Waals surface area (Å²) in [5, 5.41) is 0. The first-order valence-electron chi connectivity index (χ1n) is 20.3. The molecular formula is C48H49BN2O3. The fourth-order valence-corrected chi connectivity index (χ4v) is 10.7. The molecule has 4 aliphatic heterocycles. The van der Waals surface area contributed by atoms with Crippen LogP contribution in [0, 0.1) is 17.8 Å². The fourth-order valence-electron chi connectivity index (χ4n) is 10.7. The van der Waals surface area contributed by atoms with E-state index in [1.165, 1.54) is 78.2 Å². The van der Waals surface area contributed by atoms with Gasteiger partial charge in [0, 0.05) is 40.9 Å². The van der Waals surface area contributed by atoms with Crippen molar-refractivity contribution < 1.29 is 14.2 Å². The monoisotopic (exact) mass is 712 g/mol. The van der Waals surface area contributed by atoms with Gasteiger partial charge >= 0.3 is 0 Å². The predicted molar refractivity (Wildman–Crippen MR) is 222 cm³/mol. The zero-order valence-electron chi connectivity index (χ0n) is 32.4. The second-order valence-corrected chi connectivity index (χ2v) is 18.5. The molecule has 2 aliphatic carbocycles. The lowest BCUT2D eigenvalue weighted by atomic mass is 9.33. The highest BCUT2D eigenvalue weighted by atomic mass is 16.5. The normalized spacial score (nSPS) is 19.4. The van der Waals surface area contributed by atoms with E-state index in [1.807, 2.05) is 0 Å². The van der Waals surface area contributed by atoms with E-state index in [1.54, 1.807) is 0 Å². The van der Waals surface area contributed by atoms with Crippen LogP contribution in [-0.4, -0.2) is 26.5 Å². The smallest absolute Gasteiger partial charge is 0.252 e. The van der Waals surface area contributed by atoms with Crippen LogP contribution in [0.25, 0.3) is 0 Å². The first-order chi connectivity index (χ1) is 26.1. The molecule has 0 saturated heterocycles. The van der Waals surface area contributed by atoms with E-state index in [-0.39, 0.29) is 17.5 Å². The Balaban J connectivity index is 1.20. The summed E-state index contributed by atoms with van der Waals surface area (Å²) in [6.07, 6.45) is 8.58. The van der Waals surface area contributed by atoms with Crippen LogP contribution in [0.3, 0.4) is 0 Å². The van der Waals surface area contributed by atoms with Crippen LogP contribution >= 0.6 is 0 Å². The zero-order valence-corrected chi connectivity index (χ0v) is 32.4. The minimum Gasteiger partial charge on any atom is -0.493 e. The number of anilines is 6. The molecular weight excluding hydrogens is 663 g/mol. The van der Waals surface area contributed by atoms with Crippen molar-refractivity contribution in [1.29, 1.82) is 0 Å². The van der Waals surface area contributed by atoms with Gasteiger partial charge in [-0.3, -0.25) is 0 Å². The molecule has 0 unspecified atom stereocenters. The lowest BCUT2D eigenvalue weighted by Gasteiger charge is -2.45. The van der Waals surface area contributed by atoms with Crippen LogP contribution in [0.15, 0.2) is 72.8 Å². The van der Waals surface area contributed by atoms with Gasteiger partial charge in [-0.1, -0.05) is 39.8 Å². The molecule has 5 aromatic rings. The molecule has 11 rings (SSSR count). The van der Waals surface area contributed by atoms with Gasteiger partial charge in [0.2, 0.25) is 0 Å². The summed E-state index contributed by atoms with van der Waals surface area (Å²) >= 11 is 0. The van der Waals surface area contributed by atoms with Gasteiger partial charge in [-0.05, 0) is 167 Å². The molecule has 272 valence electrons. The summed E-state index contributed by atoms with van der Waals surface area (Å²) < 4.78 is 19.0. The Morgan fingerprint density at radius 3 is 1.83 bits per heavy atom. The Hall–Kier alpha value is -4.84. The maximum atomic E-state index is 6.57. The molecule has 54 heavy (non-hydrogen) atoms. The van der Waals surface area contributed by atoms with Crippen LogP contribution < -0.4 is 40.4 Å². The molecule has 0 radical (unpaired) electrons. The van der Waals surface area contributed by atoms with Gasteiger partial charge in [0.1, 0.15) is 5.75 Å². The van der Waals surface area contributed by atoms with E-state index in [4.69, 9.17) is 14.2 Å². The topological polar surface area (TPSA) is 34.2 Å². The summed E-state index contributed by atoms with van der Waals surface area (Å²) in [4.78, 5) is 5.13. The van der Waals surface area contributed by atoms with E-state index in [2.05, 4.69) is 117 Å². The minimum absolute atomic E-state index is 0.0630. The highest BCUT2D eigenvalue weighted by Gasteiger charge is 2.46. The van der Waals surface area contributed by atoms with E-state index in [0.717, 1.165) is 80.9 Å². The fraction of sp³-hybridized carbons (Fsp3) is 0.375. The van der Waals surface area contributed by atoms with Crippen molar-refractivity contribution >= 4 is 57.2 Å². The lowest BCUT2D eigenvalue weighted by Crippen LogP contribution is -2.61. The molecule has 0 amide bonds. The van der Waals surface area contributed by atoms with Gasteiger partial charge in [0.25, 0.3) is 6.71 Å². The number of nitrogens with zero attached hydrogens (tertiary/aromatic N) is 2. The number of aryl methyl sites for hydroxylation is 2. The van der Waals surface area contributed by atoms with Crippen molar-refractivity contribution in [2.24, 2.45) is 10.8 Å². The Kier molecular flexibility index (Phi) is 6.99. The average molecular weight is 713 g/mol. The van der Waals surface area contributed by atoms with Crippen molar-refractivity contribution in [2.75, 3.05) is 29.6 Å². The quantitative estimate of drug-likeness (QED) is 0.167. The molecule has 5 aromatic carbocycles. The third-order valence-electron chi connectivity index (χ3n) is 12.9.